The Labute approximate surface area is 199 Å². The molecular formula is C26H26Cl2N2O2. The van der Waals surface area contributed by atoms with Gasteiger partial charge in [0.2, 0.25) is 11.8 Å². The molecule has 0 aliphatic heterocycles. The van der Waals surface area contributed by atoms with Crippen LogP contribution in [0.2, 0.25) is 10.0 Å². The van der Waals surface area contributed by atoms with Crippen molar-refractivity contribution >= 4 is 35.0 Å². The molecule has 3 aromatic carbocycles. The fraction of sp³-hybridized carbons (Fsp3) is 0.231. The number of hydrogen-bond acceptors (Lipinski definition) is 2. The summed E-state index contributed by atoms with van der Waals surface area (Å²) in [6.07, 6.45) is 0.599. The predicted octanol–water partition coefficient (Wildman–Crippen LogP) is 5.31. The van der Waals surface area contributed by atoms with Gasteiger partial charge in [-0.25, -0.2) is 0 Å². The Balaban J connectivity index is 1.93. The third kappa shape index (κ3) is 6.84. The van der Waals surface area contributed by atoms with Crippen LogP contribution in [0.5, 0.6) is 0 Å². The van der Waals surface area contributed by atoms with E-state index >= 15 is 0 Å². The van der Waals surface area contributed by atoms with E-state index in [2.05, 4.69) is 5.32 Å². The van der Waals surface area contributed by atoms with Crippen molar-refractivity contribution in [3.63, 3.8) is 0 Å². The molecule has 6 heteroatoms. The van der Waals surface area contributed by atoms with E-state index in [9.17, 15) is 9.59 Å². The Morgan fingerprint density at radius 2 is 1.38 bits per heavy atom. The first-order chi connectivity index (χ1) is 15.5. The van der Waals surface area contributed by atoms with Crippen molar-refractivity contribution in [1.29, 1.82) is 0 Å². The highest BCUT2D eigenvalue weighted by atomic mass is 35.5. The molecule has 4 nitrogen and oxygen atoms in total. The lowest BCUT2D eigenvalue weighted by Crippen LogP contribution is -2.50. The quantitative estimate of drug-likeness (QED) is 0.462. The van der Waals surface area contributed by atoms with Crippen LogP contribution in [0.25, 0.3) is 0 Å². The summed E-state index contributed by atoms with van der Waals surface area (Å²) in [5.41, 5.74) is 2.74. The summed E-state index contributed by atoms with van der Waals surface area (Å²) in [6.45, 7) is 2.67. The van der Waals surface area contributed by atoms with Gasteiger partial charge in [0.05, 0.1) is 6.42 Å². The molecule has 2 amide bonds. The molecule has 3 aromatic rings. The maximum Gasteiger partial charge on any atom is 0.243 e. The molecule has 0 fully saturated rings. The van der Waals surface area contributed by atoms with Gasteiger partial charge in [-0.1, -0.05) is 77.8 Å². The monoisotopic (exact) mass is 468 g/mol. The Hall–Kier alpha value is -2.82. The summed E-state index contributed by atoms with van der Waals surface area (Å²) in [5.74, 6) is -0.302. The molecule has 166 valence electrons. The van der Waals surface area contributed by atoms with Gasteiger partial charge in [-0.05, 0) is 47.9 Å². The first kappa shape index (κ1) is 23.8. The molecule has 1 atom stereocenters. The van der Waals surface area contributed by atoms with Crippen molar-refractivity contribution in [2.45, 2.75) is 32.4 Å². The fourth-order valence-corrected chi connectivity index (χ4v) is 3.76. The van der Waals surface area contributed by atoms with Gasteiger partial charge in [0.1, 0.15) is 6.04 Å². The van der Waals surface area contributed by atoms with Gasteiger partial charge < -0.3 is 10.2 Å². The number of carbonyl (C=O) groups excluding carboxylic acids is 2. The topological polar surface area (TPSA) is 49.4 Å². The largest absolute Gasteiger partial charge is 0.355 e. The lowest BCUT2D eigenvalue weighted by atomic mass is 10.0. The van der Waals surface area contributed by atoms with Crippen LogP contribution in [-0.4, -0.2) is 29.3 Å². The molecule has 0 heterocycles. The molecule has 0 aliphatic carbocycles. The molecule has 0 unspecified atom stereocenters. The number of nitrogens with one attached hydrogen (secondary N) is 1. The van der Waals surface area contributed by atoms with E-state index in [0.29, 0.717) is 29.6 Å². The van der Waals surface area contributed by atoms with E-state index in [1.165, 1.54) is 0 Å². The van der Waals surface area contributed by atoms with E-state index in [1.54, 1.807) is 29.2 Å². The van der Waals surface area contributed by atoms with Crippen LogP contribution in [0.3, 0.4) is 0 Å². The fourth-order valence-electron chi connectivity index (χ4n) is 3.51. The van der Waals surface area contributed by atoms with E-state index in [1.807, 2.05) is 61.5 Å². The number of likely N-dealkylation sites (N-methyl/N-ethyl adjacent to an activating group) is 1. The van der Waals surface area contributed by atoms with Gasteiger partial charge in [0.25, 0.3) is 0 Å². The summed E-state index contributed by atoms with van der Waals surface area (Å²) in [6, 6.07) is 23.6. The van der Waals surface area contributed by atoms with Crippen LogP contribution in [-0.2, 0) is 29.0 Å². The van der Waals surface area contributed by atoms with Crippen molar-refractivity contribution in [2.24, 2.45) is 0 Å². The molecule has 32 heavy (non-hydrogen) atoms. The Morgan fingerprint density at radius 1 is 0.812 bits per heavy atom. The minimum absolute atomic E-state index is 0.130. The zero-order valence-corrected chi connectivity index (χ0v) is 19.4. The van der Waals surface area contributed by atoms with Gasteiger partial charge >= 0.3 is 0 Å². The van der Waals surface area contributed by atoms with Crippen molar-refractivity contribution in [1.82, 2.24) is 10.2 Å². The minimum atomic E-state index is -0.646. The summed E-state index contributed by atoms with van der Waals surface area (Å²) in [5, 5.41) is 4.13. The second-order valence-electron chi connectivity index (χ2n) is 7.55. The minimum Gasteiger partial charge on any atom is -0.355 e. The predicted molar refractivity (Wildman–Crippen MR) is 130 cm³/mol. The summed E-state index contributed by atoms with van der Waals surface area (Å²) in [4.78, 5) is 28.3. The number of amides is 2. The second kappa shape index (κ2) is 11.7. The van der Waals surface area contributed by atoms with Crippen LogP contribution in [0.15, 0.2) is 78.9 Å². The van der Waals surface area contributed by atoms with Crippen molar-refractivity contribution in [3.05, 3.63) is 106 Å². The van der Waals surface area contributed by atoms with E-state index in [0.717, 1.165) is 16.7 Å². The second-order valence-corrected chi connectivity index (χ2v) is 8.42. The van der Waals surface area contributed by atoms with Crippen molar-refractivity contribution < 1.29 is 9.59 Å². The van der Waals surface area contributed by atoms with Crippen LogP contribution in [0.1, 0.15) is 23.6 Å². The highest BCUT2D eigenvalue weighted by molar-refractivity contribution is 6.30. The zero-order chi connectivity index (χ0) is 22.9. The number of nitrogens with zero attached hydrogens (tertiary/aromatic N) is 1. The smallest absolute Gasteiger partial charge is 0.243 e. The maximum atomic E-state index is 13.5. The molecular weight excluding hydrogens is 443 g/mol. The van der Waals surface area contributed by atoms with Crippen LogP contribution >= 0.6 is 23.2 Å². The third-order valence-electron chi connectivity index (χ3n) is 5.16. The Bertz CT molecular complexity index is 1020. The SMILES string of the molecule is CCNC(=O)[C@H](Cc1ccccc1)N(Cc1ccc(Cl)cc1)C(=O)Cc1ccc(Cl)cc1. The lowest BCUT2D eigenvalue weighted by molar-refractivity contribution is -0.140. The van der Waals surface area contributed by atoms with Gasteiger partial charge in [-0.3, -0.25) is 9.59 Å². The molecule has 0 saturated carbocycles. The number of rotatable bonds is 9. The van der Waals surface area contributed by atoms with Gasteiger partial charge in [-0.15, -0.1) is 0 Å². The summed E-state index contributed by atoms with van der Waals surface area (Å²) >= 11 is 12.0. The van der Waals surface area contributed by atoms with Gasteiger partial charge in [0.15, 0.2) is 0 Å². The van der Waals surface area contributed by atoms with Crippen LogP contribution in [0, 0.1) is 0 Å². The normalized spacial score (nSPS) is 11.6. The average molecular weight is 469 g/mol. The molecule has 3 rings (SSSR count). The molecule has 0 aliphatic rings. The van der Waals surface area contributed by atoms with Crippen LogP contribution in [0.4, 0.5) is 0 Å². The number of benzene rings is 3. The Morgan fingerprint density at radius 3 is 1.94 bits per heavy atom. The van der Waals surface area contributed by atoms with E-state index in [4.69, 9.17) is 23.2 Å². The molecule has 0 spiro atoms. The molecule has 0 saturated heterocycles. The molecule has 0 aromatic heterocycles. The molecule has 0 bridgehead atoms. The maximum absolute atomic E-state index is 13.5. The molecule has 0 radical (unpaired) electrons. The van der Waals surface area contributed by atoms with Crippen molar-refractivity contribution in [3.8, 4) is 0 Å². The summed E-state index contributed by atoms with van der Waals surface area (Å²) < 4.78 is 0. The molecule has 1 N–H and O–H groups in total. The lowest BCUT2D eigenvalue weighted by Gasteiger charge is -2.31. The summed E-state index contributed by atoms with van der Waals surface area (Å²) in [7, 11) is 0. The number of hydrogen-bond donors (Lipinski definition) is 1. The number of halogens is 2. The average Bonchev–Trinajstić information content (AvgIpc) is 2.79. The standard InChI is InChI=1S/C26H26Cl2N2O2/c1-2-29-26(32)24(16-19-6-4-3-5-7-19)30(18-21-10-14-23(28)15-11-21)25(31)17-20-8-12-22(27)13-9-20/h3-15,24H,2,16-18H2,1H3,(H,29,32)/t24-/m0/s1. The van der Waals surface area contributed by atoms with Gasteiger partial charge in [-0.2, -0.15) is 0 Å². The highest BCUT2D eigenvalue weighted by Gasteiger charge is 2.30. The third-order valence-corrected chi connectivity index (χ3v) is 5.66. The Kier molecular flexibility index (Phi) is 8.72. The number of carbonyl (C=O) groups is 2. The first-order valence-corrected chi connectivity index (χ1v) is 11.3. The zero-order valence-electron chi connectivity index (χ0n) is 17.9. The van der Waals surface area contributed by atoms with E-state index < -0.39 is 6.04 Å². The highest BCUT2D eigenvalue weighted by Crippen LogP contribution is 2.19. The van der Waals surface area contributed by atoms with E-state index in [-0.39, 0.29) is 18.2 Å². The van der Waals surface area contributed by atoms with Crippen molar-refractivity contribution in [2.75, 3.05) is 6.54 Å². The first-order valence-electron chi connectivity index (χ1n) is 10.6. The van der Waals surface area contributed by atoms with Gasteiger partial charge in [0, 0.05) is 29.6 Å². The van der Waals surface area contributed by atoms with Crippen LogP contribution < -0.4 is 5.32 Å².